The molecule has 2 aromatic carbocycles. The number of hydrogen-bond donors (Lipinski definition) is 2. The second-order valence-electron chi connectivity index (χ2n) is 7.11. The van der Waals surface area contributed by atoms with Gasteiger partial charge in [-0.15, -0.1) is 0 Å². The van der Waals surface area contributed by atoms with E-state index in [-0.39, 0.29) is 12.5 Å². The zero-order valence-electron chi connectivity index (χ0n) is 16.0. The highest BCUT2D eigenvalue weighted by Crippen LogP contribution is 2.24. The highest BCUT2D eigenvalue weighted by Gasteiger charge is 2.29. The van der Waals surface area contributed by atoms with Gasteiger partial charge in [0.1, 0.15) is 24.5 Å². The number of carbonyl (C=O) groups is 1. The van der Waals surface area contributed by atoms with Crippen LogP contribution >= 0.6 is 23.2 Å². The maximum absolute atomic E-state index is 12.1. The van der Waals surface area contributed by atoms with Crippen LogP contribution in [-0.4, -0.2) is 66.2 Å². The van der Waals surface area contributed by atoms with Crippen LogP contribution in [0.25, 0.3) is 0 Å². The van der Waals surface area contributed by atoms with Gasteiger partial charge in [-0.05, 0) is 42.0 Å². The van der Waals surface area contributed by atoms with E-state index in [9.17, 15) is 9.90 Å². The van der Waals surface area contributed by atoms with Gasteiger partial charge in [0, 0.05) is 42.8 Å². The Kier molecular flexibility index (Phi) is 7.75. The number of nitrogens with zero attached hydrogens (tertiary/aromatic N) is 2. The number of piperazine rings is 1. The first-order valence-electron chi connectivity index (χ1n) is 9.50. The molecular formula is C21H25Cl2N3O3. The van der Waals surface area contributed by atoms with Crippen molar-refractivity contribution >= 4 is 29.1 Å². The van der Waals surface area contributed by atoms with Gasteiger partial charge in [-0.3, -0.25) is 14.6 Å². The van der Waals surface area contributed by atoms with Gasteiger partial charge in [0.15, 0.2) is 0 Å². The van der Waals surface area contributed by atoms with Crippen LogP contribution in [0.5, 0.6) is 5.75 Å². The number of primary amides is 1. The molecule has 8 heteroatoms. The van der Waals surface area contributed by atoms with Gasteiger partial charge in [0.25, 0.3) is 0 Å². The Morgan fingerprint density at radius 2 is 1.55 bits per heavy atom. The Morgan fingerprint density at radius 3 is 2.10 bits per heavy atom. The van der Waals surface area contributed by atoms with Gasteiger partial charge in [-0.2, -0.15) is 0 Å². The quantitative estimate of drug-likeness (QED) is 0.663. The number of nitrogens with two attached hydrogens (primary N) is 1. The lowest BCUT2D eigenvalue weighted by Crippen LogP contribution is -2.52. The number of aliphatic hydroxyl groups is 1. The van der Waals surface area contributed by atoms with Crippen LogP contribution in [0.2, 0.25) is 10.0 Å². The molecular weight excluding hydrogens is 413 g/mol. The number of amides is 1. The smallest absolute Gasteiger partial charge is 0.239 e. The summed E-state index contributed by atoms with van der Waals surface area (Å²) in [7, 11) is 0. The summed E-state index contributed by atoms with van der Waals surface area (Å²) in [5, 5.41) is 11.6. The molecule has 0 bridgehead atoms. The average Bonchev–Trinajstić information content (AvgIpc) is 2.70. The summed E-state index contributed by atoms with van der Waals surface area (Å²) in [4.78, 5) is 16.3. The Balaban J connectivity index is 1.48. The molecule has 1 fully saturated rings. The molecule has 0 spiro atoms. The van der Waals surface area contributed by atoms with Crippen LogP contribution in [0, 0.1) is 0 Å². The fourth-order valence-corrected chi connectivity index (χ4v) is 3.73. The molecule has 1 aliphatic rings. The number of halogens is 2. The minimum Gasteiger partial charge on any atom is -0.491 e. The van der Waals surface area contributed by atoms with Crippen LogP contribution in [0.1, 0.15) is 11.6 Å². The van der Waals surface area contributed by atoms with E-state index < -0.39 is 12.1 Å². The fourth-order valence-electron chi connectivity index (χ4n) is 3.48. The lowest BCUT2D eigenvalue weighted by molar-refractivity contribution is -0.124. The fraction of sp³-hybridized carbons (Fsp3) is 0.381. The van der Waals surface area contributed by atoms with E-state index in [0.717, 1.165) is 18.7 Å². The largest absolute Gasteiger partial charge is 0.491 e. The van der Waals surface area contributed by atoms with Crippen molar-refractivity contribution < 1.29 is 14.6 Å². The molecule has 1 saturated heterocycles. The van der Waals surface area contributed by atoms with E-state index in [4.69, 9.17) is 33.7 Å². The number of aliphatic hydroxyl groups excluding tert-OH is 1. The van der Waals surface area contributed by atoms with E-state index in [1.807, 2.05) is 12.1 Å². The molecule has 3 rings (SSSR count). The van der Waals surface area contributed by atoms with Gasteiger partial charge in [0.2, 0.25) is 5.91 Å². The summed E-state index contributed by atoms with van der Waals surface area (Å²) in [6.07, 6.45) is -0.611. The van der Waals surface area contributed by atoms with Gasteiger partial charge < -0.3 is 15.6 Å². The first-order chi connectivity index (χ1) is 13.9. The van der Waals surface area contributed by atoms with E-state index in [1.165, 1.54) is 0 Å². The third-order valence-electron chi connectivity index (χ3n) is 4.95. The summed E-state index contributed by atoms with van der Waals surface area (Å²) in [5.41, 5.74) is 6.50. The summed E-state index contributed by atoms with van der Waals surface area (Å²) in [5.74, 6) is 0.294. The van der Waals surface area contributed by atoms with E-state index in [1.54, 1.807) is 36.4 Å². The van der Waals surface area contributed by atoms with Crippen LogP contribution in [0.15, 0.2) is 48.5 Å². The third kappa shape index (κ3) is 6.32. The van der Waals surface area contributed by atoms with Crippen molar-refractivity contribution in [3.8, 4) is 5.75 Å². The Morgan fingerprint density at radius 1 is 1.00 bits per heavy atom. The summed E-state index contributed by atoms with van der Waals surface area (Å²) in [6, 6.07) is 13.8. The molecule has 2 atom stereocenters. The number of carbonyl (C=O) groups excluding carboxylic acids is 1. The minimum atomic E-state index is -0.611. The van der Waals surface area contributed by atoms with E-state index in [2.05, 4.69) is 9.80 Å². The topological polar surface area (TPSA) is 79.0 Å². The minimum absolute atomic E-state index is 0.205. The van der Waals surface area contributed by atoms with Crippen molar-refractivity contribution in [3.05, 3.63) is 64.1 Å². The van der Waals surface area contributed by atoms with E-state index >= 15 is 0 Å². The number of β-amino-alcohol motifs (C(OH)–C–C–N with tert-alkyl or cyclic N) is 1. The molecule has 29 heavy (non-hydrogen) atoms. The number of benzene rings is 2. The second kappa shape index (κ2) is 10.3. The predicted octanol–water partition coefficient (Wildman–Crippen LogP) is 2.58. The predicted molar refractivity (Wildman–Crippen MR) is 114 cm³/mol. The standard InChI is InChI=1S/C21H25Cl2N3O3/c22-16-3-1-15(2-4-16)20(21(24)28)26-11-9-25(10-12-26)13-18(27)14-29-19-7-5-17(23)6-8-19/h1-8,18,20,27H,9-14H2,(H2,24,28). The maximum atomic E-state index is 12.1. The molecule has 1 amide bonds. The SMILES string of the molecule is NC(=O)C(c1ccc(Cl)cc1)N1CCN(CC(O)COc2ccc(Cl)cc2)CC1. The summed E-state index contributed by atoms with van der Waals surface area (Å²) < 4.78 is 5.60. The molecule has 0 aromatic heterocycles. The molecule has 1 heterocycles. The van der Waals surface area contributed by atoms with Crippen molar-refractivity contribution in [1.82, 2.24) is 9.80 Å². The Bertz CT molecular complexity index is 794. The maximum Gasteiger partial charge on any atom is 0.239 e. The average molecular weight is 438 g/mol. The van der Waals surface area contributed by atoms with Crippen molar-refractivity contribution in [2.75, 3.05) is 39.3 Å². The van der Waals surface area contributed by atoms with Crippen LogP contribution in [0.3, 0.4) is 0 Å². The van der Waals surface area contributed by atoms with Crippen molar-refractivity contribution in [2.24, 2.45) is 5.73 Å². The molecule has 6 nitrogen and oxygen atoms in total. The van der Waals surface area contributed by atoms with Crippen LogP contribution in [0.4, 0.5) is 0 Å². The molecule has 0 radical (unpaired) electrons. The summed E-state index contributed by atoms with van der Waals surface area (Å²) in [6.45, 7) is 3.53. The second-order valence-corrected chi connectivity index (χ2v) is 7.98. The lowest BCUT2D eigenvalue weighted by atomic mass is 10.0. The van der Waals surface area contributed by atoms with Gasteiger partial charge >= 0.3 is 0 Å². The van der Waals surface area contributed by atoms with Crippen molar-refractivity contribution in [2.45, 2.75) is 12.1 Å². The van der Waals surface area contributed by atoms with Gasteiger partial charge in [-0.25, -0.2) is 0 Å². The van der Waals surface area contributed by atoms with Crippen molar-refractivity contribution in [3.63, 3.8) is 0 Å². The normalized spacial score (nSPS) is 17.6. The first-order valence-corrected chi connectivity index (χ1v) is 10.3. The highest BCUT2D eigenvalue weighted by atomic mass is 35.5. The molecule has 2 unspecified atom stereocenters. The number of hydrogen-bond acceptors (Lipinski definition) is 5. The zero-order valence-corrected chi connectivity index (χ0v) is 17.5. The highest BCUT2D eigenvalue weighted by molar-refractivity contribution is 6.30. The van der Waals surface area contributed by atoms with Crippen LogP contribution < -0.4 is 10.5 Å². The van der Waals surface area contributed by atoms with Crippen molar-refractivity contribution in [1.29, 1.82) is 0 Å². The van der Waals surface area contributed by atoms with Gasteiger partial charge in [-0.1, -0.05) is 35.3 Å². The molecule has 0 aliphatic carbocycles. The van der Waals surface area contributed by atoms with Gasteiger partial charge in [0.05, 0.1) is 0 Å². The Hall–Kier alpha value is -1.83. The third-order valence-corrected chi connectivity index (χ3v) is 5.46. The van der Waals surface area contributed by atoms with E-state index in [0.29, 0.717) is 35.4 Å². The zero-order chi connectivity index (χ0) is 20.8. The lowest BCUT2D eigenvalue weighted by Gasteiger charge is -2.38. The molecule has 1 aliphatic heterocycles. The van der Waals surface area contributed by atoms with Crippen LogP contribution in [-0.2, 0) is 4.79 Å². The number of rotatable bonds is 8. The molecule has 0 saturated carbocycles. The monoisotopic (exact) mass is 437 g/mol. The summed E-state index contributed by atoms with van der Waals surface area (Å²) >= 11 is 11.8. The molecule has 156 valence electrons. The number of ether oxygens (including phenoxy) is 1. The molecule has 3 N–H and O–H groups in total. The molecule has 2 aromatic rings. The first kappa shape index (κ1) is 21.9. The Labute approximate surface area is 180 Å².